The van der Waals surface area contributed by atoms with E-state index < -0.39 is 5.82 Å². The molecule has 0 unspecified atom stereocenters. The molecule has 1 N–H and O–H groups in total. The van der Waals surface area contributed by atoms with Crippen LogP contribution < -0.4 is 5.32 Å². The normalized spacial score (nSPS) is 15.5. The molecule has 0 aromatic heterocycles. The zero-order valence-electron chi connectivity index (χ0n) is 15.5. The van der Waals surface area contributed by atoms with Crippen molar-refractivity contribution < 1.29 is 14.0 Å². The molecule has 7 heteroatoms. The molecule has 1 aliphatic rings. The third-order valence-electron chi connectivity index (χ3n) is 4.10. The minimum Gasteiger partial charge on any atom is -0.326 e. The first-order chi connectivity index (χ1) is 14.0. The van der Waals surface area contributed by atoms with E-state index in [0.717, 1.165) is 5.56 Å². The first-order valence-corrected chi connectivity index (χ1v) is 10.3. The number of thiocarbonyl (C=S) groups is 1. The number of hydrogen-bond donors (Lipinski definition) is 1. The standard InChI is InChI=1S/C22H19FN2O2S2/c23-17-10-5-11-18(15-17)24-20(26)13-6-14-25-21(27)19(29-22(25)28)12-4-9-16-7-2-1-3-8-16/h1-5,7-12,15H,6,13-14H2,(H,24,26). The van der Waals surface area contributed by atoms with Crippen molar-refractivity contribution in [2.45, 2.75) is 12.8 Å². The van der Waals surface area contributed by atoms with Crippen LogP contribution in [-0.2, 0) is 9.59 Å². The zero-order chi connectivity index (χ0) is 20.6. The summed E-state index contributed by atoms with van der Waals surface area (Å²) in [6, 6.07) is 15.5. The fourth-order valence-corrected chi connectivity index (χ4v) is 3.97. The average Bonchev–Trinajstić information content (AvgIpc) is 2.96. The SMILES string of the molecule is O=C(CCCN1C(=O)C(=CC=Cc2ccccc2)SC1=S)Nc1cccc(F)c1. The second-order valence-electron chi connectivity index (χ2n) is 6.29. The zero-order valence-corrected chi connectivity index (χ0v) is 17.1. The maximum absolute atomic E-state index is 13.2. The van der Waals surface area contributed by atoms with Crippen LogP contribution in [0.2, 0.25) is 0 Å². The van der Waals surface area contributed by atoms with Crippen LogP contribution in [0.4, 0.5) is 10.1 Å². The van der Waals surface area contributed by atoms with Gasteiger partial charge in [-0.3, -0.25) is 14.5 Å². The lowest BCUT2D eigenvalue weighted by atomic mass is 10.2. The quantitative estimate of drug-likeness (QED) is 0.500. The monoisotopic (exact) mass is 426 g/mol. The highest BCUT2D eigenvalue weighted by Crippen LogP contribution is 2.31. The molecular formula is C22H19FN2O2S2. The van der Waals surface area contributed by atoms with Crippen LogP contribution in [0.1, 0.15) is 18.4 Å². The molecule has 2 aromatic carbocycles. The number of amides is 2. The van der Waals surface area contributed by atoms with Crippen LogP contribution in [0.15, 0.2) is 71.7 Å². The molecule has 0 spiro atoms. The molecule has 0 saturated carbocycles. The van der Waals surface area contributed by atoms with Gasteiger partial charge in [0.2, 0.25) is 5.91 Å². The lowest BCUT2D eigenvalue weighted by Crippen LogP contribution is -2.29. The molecule has 1 aliphatic heterocycles. The summed E-state index contributed by atoms with van der Waals surface area (Å²) in [4.78, 5) is 26.6. The van der Waals surface area contributed by atoms with Crippen LogP contribution in [0, 0.1) is 5.82 Å². The lowest BCUT2D eigenvalue weighted by Gasteiger charge is -2.14. The molecule has 2 aromatic rings. The van der Waals surface area contributed by atoms with Gasteiger partial charge in [-0.1, -0.05) is 72.5 Å². The number of halogens is 1. The highest BCUT2D eigenvalue weighted by atomic mass is 32.2. The molecule has 3 rings (SSSR count). The van der Waals surface area contributed by atoms with Crippen molar-refractivity contribution in [1.82, 2.24) is 4.90 Å². The molecule has 1 fully saturated rings. The van der Waals surface area contributed by atoms with Crippen molar-refractivity contribution in [1.29, 1.82) is 0 Å². The largest absolute Gasteiger partial charge is 0.326 e. The van der Waals surface area contributed by atoms with E-state index in [4.69, 9.17) is 12.2 Å². The minimum absolute atomic E-state index is 0.150. The van der Waals surface area contributed by atoms with Gasteiger partial charge < -0.3 is 5.32 Å². The molecule has 4 nitrogen and oxygen atoms in total. The molecule has 0 bridgehead atoms. The maximum atomic E-state index is 13.2. The van der Waals surface area contributed by atoms with Crippen LogP contribution in [0.5, 0.6) is 0 Å². The Kier molecular flexibility index (Phi) is 7.32. The first kappa shape index (κ1) is 21.0. The van der Waals surface area contributed by atoms with Gasteiger partial charge in [0.15, 0.2) is 0 Å². The summed E-state index contributed by atoms with van der Waals surface area (Å²) < 4.78 is 13.6. The van der Waals surface area contributed by atoms with Crippen LogP contribution in [-0.4, -0.2) is 27.6 Å². The van der Waals surface area contributed by atoms with E-state index in [0.29, 0.717) is 27.9 Å². The van der Waals surface area contributed by atoms with E-state index >= 15 is 0 Å². The molecule has 0 aliphatic carbocycles. The van der Waals surface area contributed by atoms with Gasteiger partial charge in [-0.05, 0) is 36.3 Å². The third-order valence-corrected chi connectivity index (χ3v) is 5.50. The van der Waals surface area contributed by atoms with E-state index in [1.807, 2.05) is 42.5 Å². The Labute approximate surface area is 178 Å². The highest BCUT2D eigenvalue weighted by Gasteiger charge is 2.31. The Bertz CT molecular complexity index is 974. The lowest BCUT2D eigenvalue weighted by molar-refractivity contribution is -0.122. The predicted octanol–water partition coefficient (Wildman–Crippen LogP) is 5.00. The van der Waals surface area contributed by atoms with Gasteiger partial charge in [-0.15, -0.1) is 0 Å². The van der Waals surface area contributed by atoms with Crippen molar-refractivity contribution in [2.24, 2.45) is 0 Å². The van der Waals surface area contributed by atoms with Gasteiger partial charge in [-0.25, -0.2) is 4.39 Å². The number of benzene rings is 2. The van der Waals surface area contributed by atoms with E-state index in [1.54, 1.807) is 12.1 Å². The van der Waals surface area contributed by atoms with E-state index in [2.05, 4.69) is 5.32 Å². The second-order valence-corrected chi connectivity index (χ2v) is 7.96. The van der Waals surface area contributed by atoms with Gasteiger partial charge >= 0.3 is 0 Å². The van der Waals surface area contributed by atoms with E-state index in [-0.39, 0.29) is 18.2 Å². The van der Waals surface area contributed by atoms with Gasteiger partial charge in [-0.2, -0.15) is 0 Å². The Morgan fingerprint density at radius 1 is 1.17 bits per heavy atom. The van der Waals surface area contributed by atoms with Crippen molar-refractivity contribution in [3.8, 4) is 0 Å². The van der Waals surface area contributed by atoms with Gasteiger partial charge in [0.25, 0.3) is 5.91 Å². The third kappa shape index (κ3) is 6.10. The van der Waals surface area contributed by atoms with Crippen molar-refractivity contribution in [2.75, 3.05) is 11.9 Å². The molecule has 2 amide bonds. The van der Waals surface area contributed by atoms with Gasteiger partial charge in [0.05, 0.1) is 4.91 Å². The van der Waals surface area contributed by atoms with Gasteiger partial charge in [0.1, 0.15) is 10.1 Å². The molecule has 148 valence electrons. The average molecular weight is 427 g/mol. The van der Waals surface area contributed by atoms with Crippen molar-refractivity contribution in [3.05, 3.63) is 83.0 Å². The fraction of sp³-hybridized carbons (Fsp3) is 0.136. The first-order valence-electron chi connectivity index (χ1n) is 9.05. The molecule has 1 heterocycles. The van der Waals surface area contributed by atoms with Crippen molar-refractivity contribution >= 4 is 51.9 Å². The summed E-state index contributed by atoms with van der Waals surface area (Å²) >= 11 is 6.55. The molecule has 1 saturated heterocycles. The van der Waals surface area contributed by atoms with Crippen LogP contribution in [0.25, 0.3) is 6.08 Å². The van der Waals surface area contributed by atoms with Crippen LogP contribution >= 0.6 is 24.0 Å². The number of thioether (sulfide) groups is 1. The topological polar surface area (TPSA) is 49.4 Å². The number of allylic oxidation sites excluding steroid dienone is 2. The number of nitrogens with zero attached hydrogens (tertiary/aromatic N) is 1. The Morgan fingerprint density at radius 2 is 1.97 bits per heavy atom. The number of rotatable bonds is 7. The summed E-state index contributed by atoms with van der Waals surface area (Å²) in [5.74, 6) is -0.793. The Balaban J connectivity index is 1.49. The fourth-order valence-electron chi connectivity index (χ4n) is 2.71. The number of nitrogens with one attached hydrogen (secondary N) is 1. The summed E-state index contributed by atoms with van der Waals surface area (Å²) in [6.07, 6.45) is 6.17. The Morgan fingerprint density at radius 3 is 2.72 bits per heavy atom. The number of carbonyl (C=O) groups is 2. The van der Waals surface area contributed by atoms with Crippen LogP contribution in [0.3, 0.4) is 0 Å². The summed E-state index contributed by atoms with van der Waals surface area (Å²) in [5, 5.41) is 2.64. The highest BCUT2D eigenvalue weighted by molar-refractivity contribution is 8.26. The summed E-state index contributed by atoms with van der Waals surface area (Å²) in [6.45, 7) is 0.362. The molecule has 0 radical (unpaired) electrons. The number of carbonyl (C=O) groups excluding carboxylic acids is 2. The van der Waals surface area contributed by atoms with E-state index in [9.17, 15) is 14.0 Å². The maximum Gasteiger partial charge on any atom is 0.266 e. The molecular weight excluding hydrogens is 407 g/mol. The van der Waals surface area contributed by atoms with Gasteiger partial charge in [0, 0.05) is 18.7 Å². The molecule has 29 heavy (non-hydrogen) atoms. The van der Waals surface area contributed by atoms with Crippen molar-refractivity contribution in [3.63, 3.8) is 0 Å². The smallest absolute Gasteiger partial charge is 0.266 e. The summed E-state index contributed by atoms with van der Waals surface area (Å²) in [5.41, 5.74) is 1.46. The molecule has 0 atom stereocenters. The minimum atomic E-state index is -0.409. The Hall–Kier alpha value is -2.77. The second kappa shape index (κ2) is 10.1. The number of hydrogen-bond acceptors (Lipinski definition) is 4. The predicted molar refractivity (Wildman–Crippen MR) is 120 cm³/mol. The number of anilines is 1. The van der Waals surface area contributed by atoms with E-state index in [1.165, 1.54) is 34.9 Å². The summed E-state index contributed by atoms with van der Waals surface area (Å²) in [7, 11) is 0.